The molecule has 4 N–H and O–H groups in total. The average Bonchev–Trinajstić information content (AvgIpc) is 3.27. The van der Waals surface area contributed by atoms with Gasteiger partial charge in [0.15, 0.2) is 11.5 Å². The van der Waals surface area contributed by atoms with Gasteiger partial charge in [0, 0.05) is 25.6 Å². The molecule has 1 aromatic carbocycles. The lowest BCUT2D eigenvalue weighted by atomic mass is 9.96. The van der Waals surface area contributed by atoms with E-state index in [2.05, 4.69) is 21.1 Å². The molecule has 0 unspecified atom stereocenters. The number of hydrogen-bond donors (Lipinski definition) is 4. The summed E-state index contributed by atoms with van der Waals surface area (Å²) in [6.07, 6.45) is 4.87. The topological polar surface area (TPSA) is 149 Å². The zero-order valence-electron chi connectivity index (χ0n) is 24.5. The van der Waals surface area contributed by atoms with Crippen LogP contribution < -0.4 is 20.7 Å². The molecule has 1 aliphatic carbocycles. The molecule has 2 heterocycles. The highest BCUT2D eigenvalue weighted by atomic mass is 16.5. The van der Waals surface area contributed by atoms with Crippen LogP contribution in [-0.4, -0.2) is 83.0 Å². The number of aliphatic hydroxyl groups is 1. The number of nitrogens with one attached hydrogen (secondary N) is 3. The summed E-state index contributed by atoms with van der Waals surface area (Å²) in [7, 11) is 1.73. The lowest BCUT2D eigenvalue weighted by molar-refractivity contribution is 0.0368. The molecule has 0 spiro atoms. The fourth-order valence-electron chi connectivity index (χ4n) is 5.37. The number of urea groups is 2. The van der Waals surface area contributed by atoms with E-state index < -0.39 is 18.2 Å². The number of para-hydroxylation sites is 1. The van der Waals surface area contributed by atoms with Crippen LogP contribution in [0.2, 0.25) is 0 Å². The maximum Gasteiger partial charge on any atom is 0.323 e. The molecule has 3 atom stereocenters. The van der Waals surface area contributed by atoms with E-state index in [1.807, 2.05) is 6.92 Å². The van der Waals surface area contributed by atoms with E-state index in [1.54, 1.807) is 55.8 Å². The second-order valence-electron chi connectivity index (χ2n) is 11.2. The quantitative estimate of drug-likeness (QED) is 0.391. The van der Waals surface area contributed by atoms with Gasteiger partial charge in [-0.3, -0.25) is 4.79 Å². The molecule has 2 aromatic rings. The number of aromatic nitrogens is 1. The average molecular weight is 571 g/mol. The molecule has 41 heavy (non-hydrogen) atoms. The molecule has 2 aliphatic rings. The van der Waals surface area contributed by atoms with Gasteiger partial charge < -0.3 is 40.1 Å². The Labute approximate surface area is 240 Å². The number of hydrogen-bond acceptors (Lipinski definition) is 7. The molecule has 1 aromatic heterocycles. The predicted molar refractivity (Wildman–Crippen MR) is 154 cm³/mol. The lowest BCUT2D eigenvalue weighted by Crippen LogP contribution is -2.52. The summed E-state index contributed by atoms with van der Waals surface area (Å²) in [6, 6.07) is 3.96. The van der Waals surface area contributed by atoms with E-state index in [1.165, 1.54) is 6.42 Å². The summed E-state index contributed by atoms with van der Waals surface area (Å²) in [6.45, 7) is 7.52. The molecule has 12 heteroatoms. The van der Waals surface area contributed by atoms with Gasteiger partial charge >= 0.3 is 12.1 Å². The number of fused-ring (bicyclic) bond motifs is 1. The smallest absolute Gasteiger partial charge is 0.323 e. The van der Waals surface area contributed by atoms with Crippen molar-refractivity contribution < 1.29 is 28.8 Å². The van der Waals surface area contributed by atoms with Crippen molar-refractivity contribution in [3.63, 3.8) is 0 Å². The van der Waals surface area contributed by atoms with Crippen molar-refractivity contribution in [2.45, 2.75) is 78.0 Å². The van der Waals surface area contributed by atoms with Gasteiger partial charge in [0.25, 0.3) is 5.91 Å². The number of rotatable bonds is 7. The minimum Gasteiger partial charge on any atom is -0.485 e. The molecular weight excluding hydrogens is 528 g/mol. The number of benzene rings is 1. The summed E-state index contributed by atoms with van der Waals surface area (Å²) >= 11 is 0. The number of anilines is 2. The van der Waals surface area contributed by atoms with Crippen LogP contribution in [0.5, 0.6) is 5.75 Å². The Balaban J connectivity index is 1.60. The van der Waals surface area contributed by atoms with Crippen LogP contribution in [0.4, 0.5) is 21.0 Å². The SMILES string of the molecule is Cc1noc(C)c1NC(=O)Nc1cccc2c1O[C@H](CN(C)C(=O)NC1CCCCC1)[C@@H](C)CN([C@H](C)CO)C2=O. The Morgan fingerprint density at radius 2 is 1.93 bits per heavy atom. The van der Waals surface area contributed by atoms with Crippen LogP contribution in [-0.2, 0) is 0 Å². The van der Waals surface area contributed by atoms with Crippen LogP contribution in [0.25, 0.3) is 0 Å². The number of aliphatic hydroxyl groups excluding tert-OH is 1. The number of ether oxygens (including phenoxy) is 1. The van der Waals surface area contributed by atoms with Crippen LogP contribution in [0.3, 0.4) is 0 Å². The first-order valence-corrected chi connectivity index (χ1v) is 14.3. The standard InChI is InChI=1S/C29H42N6O6/c1-17-14-35(18(2)16-36)27(37)22-12-9-13-23(31-28(38)32-25-19(3)33-41-20(25)4)26(22)40-24(17)15-34(5)29(39)30-21-10-7-6-8-11-21/h9,12-13,17-18,21,24,36H,6-8,10-11,14-16H2,1-5H3,(H,30,39)(H2,31,32,38)/t17-,18+,24+/m0/s1. The minimum absolute atomic E-state index is 0.167. The second-order valence-corrected chi connectivity index (χ2v) is 11.2. The number of likely N-dealkylation sites (N-methyl/N-ethyl adjacent to an activating group) is 1. The van der Waals surface area contributed by atoms with Crippen molar-refractivity contribution in [2.24, 2.45) is 5.92 Å². The van der Waals surface area contributed by atoms with Crippen molar-refractivity contribution >= 4 is 29.3 Å². The fraction of sp³-hybridized carbons (Fsp3) is 0.586. The third kappa shape index (κ3) is 7.10. The highest BCUT2D eigenvalue weighted by Gasteiger charge is 2.35. The van der Waals surface area contributed by atoms with E-state index in [0.717, 1.165) is 25.7 Å². The largest absolute Gasteiger partial charge is 0.485 e. The van der Waals surface area contributed by atoms with Gasteiger partial charge in [-0.15, -0.1) is 0 Å². The molecule has 0 saturated heterocycles. The van der Waals surface area contributed by atoms with Gasteiger partial charge in [0.1, 0.15) is 17.5 Å². The van der Waals surface area contributed by atoms with Gasteiger partial charge in [-0.05, 0) is 45.7 Å². The number of carbonyl (C=O) groups excluding carboxylic acids is 3. The maximum atomic E-state index is 13.7. The van der Waals surface area contributed by atoms with Gasteiger partial charge in [0.2, 0.25) is 0 Å². The van der Waals surface area contributed by atoms with Crippen molar-refractivity contribution in [2.75, 3.05) is 37.4 Å². The Morgan fingerprint density at radius 3 is 2.59 bits per heavy atom. The summed E-state index contributed by atoms with van der Waals surface area (Å²) in [5.41, 5.74) is 1.54. The number of aryl methyl sites for hydroxylation is 2. The van der Waals surface area contributed by atoms with Crippen LogP contribution in [0.15, 0.2) is 22.7 Å². The maximum absolute atomic E-state index is 13.7. The van der Waals surface area contributed by atoms with Crippen molar-refractivity contribution in [3.05, 3.63) is 35.2 Å². The summed E-state index contributed by atoms with van der Waals surface area (Å²) < 4.78 is 11.6. The van der Waals surface area contributed by atoms with Crippen molar-refractivity contribution in [1.82, 2.24) is 20.3 Å². The fourth-order valence-corrected chi connectivity index (χ4v) is 5.37. The van der Waals surface area contributed by atoms with Gasteiger partial charge in [0.05, 0.1) is 30.4 Å². The van der Waals surface area contributed by atoms with E-state index in [0.29, 0.717) is 29.4 Å². The molecule has 0 bridgehead atoms. The normalized spacial score (nSPS) is 20.2. The zero-order chi connectivity index (χ0) is 29.7. The predicted octanol–water partition coefficient (Wildman–Crippen LogP) is 4.13. The van der Waals surface area contributed by atoms with Crippen LogP contribution in [0, 0.1) is 19.8 Å². The highest BCUT2D eigenvalue weighted by Crippen LogP contribution is 2.35. The number of nitrogens with zero attached hydrogens (tertiary/aromatic N) is 3. The van der Waals surface area contributed by atoms with Crippen molar-refractivity contribution in [1.29, 1.82) is 0 Å². The lowest BCUT2D eigenvalue weighted by Gasteiger charge is -2.38. The van der Waals surface area contributed by atoms with E-state index >= 15 is 0 Å². The third-order valence-electron chi connectivity index (χ3n) is 7.94. The molecule has 0 radical (unpaired) electrons. The van der Waals surface area contributed by atoms with Gasteiger partial charge in [-0.1, -0.05) is 37.4 Å². The first-order valence-electron chi connectivity index (χ1n) is 14.3. The summed E-state index contributed by atoms with van der Waals surface area (Å²) in [5, 5.41) is 22.5. The Kier molecular flexibility index (Phi) is 9.74. The molecule has 4 rings (SSSR count). The molecule has 224 valence electrons. The summed E-state index contributed by atoms with van der Waals surface area (Å²) in [4.78, 5) is 43.0. The third-order valence-corrected chi connectivity index (χ3v) is 7.94. The Morgan fingerprint density at radius 1 is 1.20 bits per heavy atom. The Hall–Kier alpha value is -3.80. The Bertz CT molecular complexity index is 1220. The van der Waals surface area contributed by atoms with Crippen molar-refractivity contribution in [3.8, 4) is 5.75 Å². The summed E-state index contributed by atoms with van der Waals surface area (Å²) in [5.74, 6) is 0.156. The van der Waals surface area contributed by atoms with E-state index in [-0.39, 0.29) is 48.4 Å². The molecular formula is C29H42N6O6. The van der Waals surface area contributed by atoms with Crippen LogP contribution in [0.1, 0.15) is 67.8 Å². The highest BCUT2D eigenvalue weighted by molar-refractivity contribution is 6.04. The molecule has 5 amide bonds. The van der Waals surface area contributed by atoms with E-state index in [9.17, 15) is 19.5 Å². The minimum atomic E-state index is -0.555. The van der Waals surface area contributed by atoms with E-state index in [4.69, 9.17) is 9.26 Å². The first-order chi connectivity index (χ1) is 19.6. The number of amides is 5. The zero-order valence-corrected chi connectivity index (χ0v) is 24.5. The van der Waals surface area contributed by atoms with Gasteiger partial charge in [-0.2, -0.15) is 0 Å². The van der Waals surface area contributed by atoms with Gasteiger partial charge in [-0.25, -0.2) is 9.59 Å². The molecule has 1 aliphatic heterocycles. The molecule has 1 fully saturated rings. The monoisotopic (exact) mass is 570 g/mol. The van der Waals surface area contributed by atoms with Crippen LogP contribution >= 0.6 is 0 Å². The number of carbonyl (C=O) groups is 3. The molecule has 12 nitrogen and oxygen atoms in total. The molecule has 1 saturated carbocycles. The first kappa shape index (κ1) is 30.2. The second kappa shape index (κ2) is 13.2.